The summed E-state index contributed by atoms with van der Waals surface area (Å²) in [5.41, 5.74) is 1.82. The van der Waals surface area contributed by atoms with Crippen molar-refractivity contribution < 1.29 is 24.2 Å². The average molecular weight is 465 g/mol. The van der Waals surface area contributed by atoms with Gasteiger partial charge in [-0.15, -0.1) is 11.8 Å². The summed E-state index contributed by atoms with van der Waals surface area (Å²) < 4.78 is 5.11. The van der Waals surface area contributed by atoms with Gasteiger partial charge in [0.25, 0.3) is 5.91 Å². The van der Waals surface area contributed by atoms with E-state index in [1.165, 1.54) is 23.9 Å². The first kappa shape index (κ1) is 23.9. The van der Waals surface area contributed by atoms with E-state index in [1.54, 1.807) is 49.6 Å². The second-order valence-corrected chi connectivity index (χ2v) is 8.37. The lowest BCUT2D eigenvalue weighted by Crippen LogP contribution is -2.24. The van der Waals surface area contributed by atoms with Crippen molar-refractivity contribution in [1.82, 2.24) is 0 Å². The third-order valence-corrected chi connectivity index (χ3v) is 6.14. The first-order chi connectivity index (χ1) is 15.9. The van der Waals surface area contributed by atoms with Crippen molar-refractivity contribution in [3.8, 4) is 5.75 Å². The highest BCUT2D eigenvalue weighted by Crippen LogP contribution is 2.29. The van der Waals surface area contributed by atoms with E-state index in [-0.39, 0.29) is 22.6 Å². The molecule has 3 rings (SSSR count). The monoisotopic (exact) mass is 464 g/mol. The zero-order chi connectivity index (χ0) is 23.8. The number of rotatable bonds is 9. The minimum absolute atomic E-state index is 0.155. The average Bonchev–Trinajstić information content (AvgIpc) is 2.83. The van der Waals surface area contributed by atoms with Gasteiger partial charge in [0.05, 0.1) is 17.9 Å². The zero-order valence-corrected chi connectivity index (χ0v) is 19.0. The quantitative estimate of drug-likeness (QED) is 0.378. The van der Waals surface area contributed by atoms with Crippen LogP contribution < -0.4 is 15.4 Å². The molecule has 8 heteroatoms. The van der Waals surface area contributed by atoms with Crippen molar-refractivity contribution in [2.45, 2.75) is 23.5 Å². The molecule has 0 saturated carbocycles. The van der Waals surface area contributed by atoms with Gasteiger partial charge in [-0.1, -0.05) is 13.0 Å². The molecule has 3 aromatic carbocycles. The van der Waals surface area contributed by atoms with Gasteiger partial charge in [-0.2, -0.15) is 0 Å². The normalized spacial score (nSPS) is 11.3. The second kappa shape index (κ2) is 11.2. The molecular formula is C25H24N2O5S. The SMILES string of the molecule is CCC(Sc1cccc(NC(=O)c2ccc(OC)cc2)c1)C(=O)Nc1ccc(C(=O)O)cc1. The summed E-state index contributed by atoms with van der Waals surface area (Å²) >= 11 is 1.39. The minimum atomic E-state index is -1.02. The highest BCUT2D eigenvalue weighted by Gasteiger charge is 2.19. The van der Waals surface area contributed by atoms with Gasteiger partial charge in [-0.05, 0) is 73.2 Å². The van der Waals surface area contributed by atoms with Crippen molar-refractivity contribution in [2.75, 3.05) is 17.7 Å². The highest BCUT2D eigenvalue weighted by molar-refractivity contribution is 8.00. The number of carboxylic acid groups (broad SMARTS) is 1. The fourth-order valence-electron chi connectivity index (χ4n) is 3.00. The second-order valence-electron chi connectivity index (χ2n) is 7.10. The Balaban J connectivity index is 1.63. The van der Waals surface area contributed by atoms with Crippen LogP contribution in [0.15, 0.2) is 77.7 Å². The van der Waals surface area contributed by atoms with Crippen molar-refractivity contribution in [2.24, 2.45) is 0 Å². The summed E-state index contributed by atoms with van der Waals surface area (Å²) in [5, 5.41) is 14.3. The maximum Gasteiger partial charge on any atom is 0.335 e. The molecule has 7 nitrogen and oxygen atoms in total. The van der Waals surface area contributed by atoms with Crippen LogP contribution >= 0.6 is 11.8 Å². The van der Waals surface area contributed by atoms with E-state index < -0.39 is 5.97 Å². The Kier molecular flexibility index (Phi) is 8.10. The molecule has 170 valence electrons. The fourth-order valence-corrected chi connectivity index (χ4v) is 4.01. The van der Waals surface area contributed by atoms with E-state index in [0.717, 1.165) is 4.90 Å². The molecule has 2 amide bonds. The van der Waals surface area contributed by atoms with Crippen LogP contribution in [0.5, 0.6) is 5.75 Å². The third-order valence-electron chi connectivity index (χ3n) is 4.79. The van der Waals surface area contributed by atoms with E-state index in [2.05, 4.69) is 10.6 Å². The Morgan fingerprint density at radius 1 is 0.909 bits per heavy atom. The Hall–Kier alpha value is -3.78. The summed E-state index contributed by atoms with van der Waals surface area (Å²) in [5.74, 6) is -0.770. The molecule has 0 saturated heterocycles. The molecule has 0 bridgehead atoms. The van der Waals surface area contributed by atoms with E-state index in [9.17, 15) is 14.4 Å². The number of aromatic carboxylic acids is 1. The zero-order valence-electron chi connectivity index (χ0n) is 18.2. The molecule has 0 radical (unpaired) electrons. The van der Waals surface area contributed by atoms with Gasteiger partial charge in [0, 0.05) is 21.8 Å². The van der Waals surface area contributed by atoms with Crippen LogP contribution in [-0.4, -0.2) is 35.2 Å². The summed E-state index contributed by atoms with van der Waals surface area (Å²) in [4.78, 5) is 37.1. The van der Waals surface area contributed by atoms with Gasteiger partial charge in [0.15, 0.2) is 0 Å². The summed E-state index contributed by atoms with van der Waals surface area (Å²) in [6, 6.07) is 20.2. The van der Waals surface area contributed by atoms with Crippen molar-refractivity contribution >= 4 is 40.9 Å². The molecule has 0 aliphatic rings. The predicted molar refractivity (Wildman–Crippen MR) is 129 cm³/mol. The molecule has 0 spiro atoms. The van der Waals surface area contributed by atoms with Gasteiger partial charge >= 0.3 is 5.97 Å². The third kappa shape index (κ3) is 6.60. The van der Waals surface area contributed by atoms with Crippen LogP contribution in [0.3, 0.4) is 0 Å². The molecule has 3 aromatic rings. The number of benzene rings is 3. The lowest BCUT2D eigenvalue weighted by molar-refractivity contribution is -0.115. The van der Waals surface area contributed by atoms with Gasteiger partial charge in [-0.25, -0.2) is 4.79 Å². The molecule has 0 aliphatic heterocycles. The van der Waals surface area contributed by atoms with Crippen molar-refractivity contribution in [3.05, 3.63) is 83.9 Å². The van der Waals surface area contributed by atoms with Gasteiger partial charge in [0.1, 0.15) is 5.75 Å². The Morgan fingerprint density at radius 3 is 2.18 bits per heavy atom. The van der Waals surface area contributed by atoms with Crippen LogP contribution in [0.25, 0.3) is 0 Å². The molecule has 0 heterocycles. The number of carboxylic acids is 1. The molecule has 1 unspecified atom stereocenters. The van der Waals surface area contributed by atoms with Crippen LogP contribution in [0.2, 0.25) is 0 Å². The van der Waals surface area contributed by atoms with Crippen LogP contribution in [0, 0.1) is 0 Å². The maximum atomic E-state index is 12.7. The topological polar surface area (TPSA) is 105 Å². The van der Waals surface area contributed by atoms with E-state index >= 15 is 0 Å². The molecule has 1 atom stereocenters. The number of nitrogens with one attached hydrogen (secondary N) is 2. The number of anilines is 2. The number of carbonyl (C=O) groups excluding carboxylic acids is 2. The van der Waals surface area contributed by atoms with Gasteiger partial charge in [-0.3, -0.25) is 9.59 Å². The van der Waals surface area contributed by atoms with E-state index in [0.29, 0.717) is 29.1 Å². The summed E-state index contributed by atoms with van der Waals surface area (Å²) in [6.45, 7) is 1.92. The van der Waals surface area contributed by atoms with Crippen LogP contribution in [0.4, 0.5) is 11.4 Å². The Morgan fingerprint density at radius 2 is 1.58 bits per heavy atom. The van der Waals surface area contributed by atoms with Crippen LogP contribution in [-0.2, 0) is 4.79 Å². The smallest absolute Gasteiger partial charge is 0.335 e. The Labute approximate surface area is 196 Å². The predicted octanol–water partition coefficient (Wildman–Crippen LogP) is 5.16. The molecule has 33 heavy (non-hydrogen) atoms. The lowest BCUT2D eigenvalue weighted by atomic mass is 10.2. The lowest BCUT2D eigenvalue weighted by Gasteiger charge is -2.15. The van der Waals surface area contributed by atoms with E-state index in [1.807, 2.05) is 25.1 Å². The highest BCUT2D eigenvalue weighted by atomic mass is 32.2. The number of methoxy groups -OCH3 is 1. The number of ether oxygens (including phenoxy) is 1. The molecular weight excluding hydrogens is 440 g/mol. The maximum absolute atomic E-state index is 12.7. The Bertz CT molecular complexity index is 1130. The van der Waals surface area contributed by atoms with Crippen molar-refractivity contribution in [1.29, 1.82) is 0 Å². The first-order valence-electron chi connectivity index (χ1n) is 10.3. The number of thioether (sulfide) groups is 1. The van der Waals surface area contributed by atoms with E-state index in [4.69, 9.17) is 9.84 Å². The minimum Gasteiger partial charge on any atom is -0.497 e. The number of hydrogen-bond acceptors (Lipinski definition) is 5. The largest absolute Gasteiger partial charge is 0.497 e. The number of hydrogen-bond donors (Lipinski definition) is 3. The number of amides is 2. The molecule has 0 aliphatic carbocycles. The van der Waals surface area contributed by atoms with Gasteiger partial charge in [0.2, 0.25) is 5.91 Å². The van der Waals surface area contributed by atoms with Gasteiger partial charge < -0.3 is 20.5 Å². The fraction of sp³-hybridized carbons (Fsp3) is 0.160. The van der Waals surface area contributed by atoms with Crippen LogP contribution in [0.1, 0.15) is 34.1 Å². The molecule has 3 N–H and O–H groups in total. The molecule has 0 fully saturated rings. The summed E-state index contributed by atoms with van der Waals surface area (Å²) in [7, 11) is 1.57. The molecule has 0 aromatic heterocycles. The standard InChI is InChI=1S/C25H24N2O5S/c1-3-22(24(29)26-18-11-7-17(8-12-18)25(30)31)33-21-6-4-5-19(15-21)27-23(28)16-9-13-20(32-2)14-10-16/h4-15,22H,3H2,1-2H3,(H,26,29)(H,27,28)(H,30,31). The first-order valence-corrected chi connectivity index (χ1v) is 11.1. The summed E-state index contributed by atoms with van der Waals surface area (Å²) in [6.07, 6.45) is 0.589. The number of carbonyl (C=O) groups is 3. The van der Waals surface area contributed by atoms with Crippen molar-refractivity contribution in [3.63, 3.8) is 0 Å².